The van der Waals surface area contributed by atoms with Crippen LogP contribution in [0.25, 0.3) is 0 Å². The van der Waals surface area contributed by atoms with Crippen molar-refractivity contribution in [3.05, 3.63) is 0 Å². The molecule has 3 heterocycles. The monoisotopic (exact) mass is 322 g/mol. The van der Waals surface area contributed by atoms with Gasteiger partial charge in [0.25, 0.3) is 5.79 Å². The van der Waals surface area contributed by atoms with Crippen molar-refractivity contribution >= 4 is 27.6 Å². The number of rotatable bonds is 4. The van der Waals surface area contributed by atoms with E-state index in [4.69, 9.17) is 14.2 Å². The predicted octanol–water partition coefficient (Wildman–Crippen LogP) is 0.514. The smallest absolute Gasteiger partial charge is 0.345 e. The van der Waals surface area contributed by atoms with Gasteiger partial charge < -0.3 is 24.4 Å². The second-order valence-electron chi connectivity index (χ2n) is 5.33. The molecule has 2 N–H and O–H groups in total. The van der Waals surface area contributed by atoms with Gasteiger partial charge in [0.1, 0.15) is 11.5 Å². The lowest BCUT2D eigenvalue weighted by atomic mass is 9.84. The van der Waals surface area contributed by atoms with Gasteiger partial charge in [-0.25, -0.2) is 4.79 Å². The summed E-state index contributed by atoms with van der Waals surface area (Å²) in [7, 11) is 3.12. The first-order valence-electron chi connectivity index (χ1n) is 6.69. The van der Waals surface area contributed by atoms with Crippen molar-refractivity contribution in [2.45, 2.75) is 49.3 Å². The molecule has 3 fully saturated rings. The normalized spacial score (nSPS) is 50.1. The van der Waals surface area contributed by atoms with Crippen LogP contribution in [0.1, 0.15) is 20.3 Å². The molecule has 3 rings (SSSR count). The summed E-state index contributed by atoms with van der Waals surface area (Å²) in [5.41, 5.74) is -2.23. The molecule has 0 saturated carbocycles. The van der Waals surface area contributed by atoms with E-state index in [-0.39, 0.29) is 12.0 Å². The lowest BCUT2D eigenvalue weighted by molar-refractivity contribution is -0.252. The Morgan fingerprint density at radius 3 is 2.95 bits per heavy atom. The van der Waals surface area contributed by atoms with Gasteiger partial charge in [-0.1, -0.05) is 35.4 Å². The third-order valence-electron chi connectivity index (χ3n) is 4.08. The van der Waals surface area contributed by atoms with Gasteiger partial charge in [-0.15, -0.1) is 0 Å². The van der Waals surface area contributed by atoms with Crippen molar-refractivity contribution in [1.82, 2.24) is 0 Å². The van der Waals surface area contributed by atoms with Gasteiger partial charge in [0.2, 0.25) is 5.60 Å². The molecule has 3 aliphatic heterocycles. The molecule has 6 nitrogen and oxygen atoms in total. The SMILES string of the molecule is CCCSS[C@@H]1O[C@]23OC[C@H](O)[C@H]2OC(=O)[C@]3(O)[C@H]1C. The molecule has 114 valence electrons. The summed E-state index contributed by atoms with van der Waals surface area (Å²) >= 11 is 0. The van der Waals surface area contributed by atoms with Crippen LogP contribution in [-0.2, 0) is 19.0 Å². The molecule has 0 radical (unpaired) electrons. The molecule has 1 spiro atoms. The Morgan fingerprint density at radius 2 is 2.25 bits per heavy atom. The van der Waals surface area contributed by atoms with Crippen LogP contribution in [0.15, 0.2) is 0 Å². The predicted molar refractivity (Wildman–Crippen MR) is 73.9 cm³/mol. The van der Waals surface area contributed by atoms with Crippen molar-refractivity contribution in [1.29, 1.82) is 0 Å². The lowest BCUT2D eigenvalue weighted by Crippen LogP contribution is -2.57. The topological polar surface area (TPSA) is 85.2 Å². The quantitative estimate of drug-likeness (QED) is 0.440. The standard InChI is InChI=1S/C12H18O6S2/c1-3-4-19-20-9-6(2)11(15)10(14)17-8-7(13)5-16-12(8,11)18-9/h6-9,13,15H,3-5H2,1-2H3/t6-,7-,8+,9-,11+,12+/m0/s1. The molecule has 0 amide bonds. The Kier molecular flexibility index (Phi) is 3.75. The van der Waals surface area contributed by atoms with Crippen molar-refractivity contribution in [2.75, 3.05) is 12.4 Å². The van der Waals surface area contributed by atoms with E-state index >= 15 is 0 Å². The molecular formula is C12H18O6S2. The maximum Gasteiger partial charge on any atom is 0.345 e. The van der Waals surface area contributed by atoms with Crippen LogP contribution in [0, 0.1) is 5.92 Å². The summed E-state index contributed by atoms with van der Waals surface area (Å²) in [5, 5.41) is 20.7. The van der Waals surface area contributed by atoms with Crippen molar-refractivity contribution in [2.24, 2.45) is 5.92 Å². The zero-order chi connectivity index (χ0) is 14.5. The van der Waals surface area contributed by atoms with E-state index < -0.39 is 35.5 Å². The van der Waals surface area contributed by atoms with Crippen LogP contribution >= 0.6 is 21.6 Å². The van der Waals surface area contributed by atoms with Gasteiger partial charge in [0.05, 0.1) is 6.61 Å². The molecule has 8 heteroatoms. The largest absolute Gasteiger partial charge is 0.451 e. The number of hydrogen-bond acceptors (Lipinski definition) is 8. The first kappa shape index (κ1) is 14.9. The van der Waals surface area contributed by atoms with E-state index in [0.717, 1.165) is 12.2 Å². The molecule has 0 unspecified atom stereocenters. The molecular weight excluding hydrogens is 304 g/mol. The Morgan fingerprint density at radius 1 is 1.50 bits per heavy atom. The second-order valence-corrected chi connectivity index (χ2v) is 7.92. The highest BCUT2D eigenvalue weighted by atomic mass is 33.1. The molecule has 0 aromatic carbocycles. The number of aliphatic hydroxyl groups is 2. The third kappa shape index (κ3) is 1.72. The van der Waals surface area contributed by atoms with E-state index in [1.54, 1.807) is 17.7 Å². The Labute approximate surface area is 124 Å². The lowest BCUT2D eigenvalue weighted by Gasteiger charge is -2.29. The van der Waals surface area contributed by atoms with Crippen LogP contribution in [0.3, 0.4) is 0 Å². The molecule has 0 aromatic heterocycles. The zero-order valence-corrected chi connectivity index (χ0v) is 12.9. The third-order valence-corrected chi connectivity index (χ3v) is 6.96. The van der Waals surface area contributed by atoms with Gasteiger partial charge >= 0.3 is 5.97 Å². The summed E-state index contributed by atoms with van der Waals surface area (Å²) in [6.45, 7) is 3.82. The van der Waals surface area contributed by atoms with Crippen molar-refractivity contribution in [3.63, 3.8) is 0 Å². The number of hydrogen-bond donors (Lipinski definition) is 2. The summed E-state index contributed by atoms with van der Waals surface area (Å²) in [6, 6.07) is 0. The highest BCUT2D eigenvalue weighted by Gasteiger charge is 2.81. The Hall–Kier alpha value is 0.01000. The fraction of sp³-hybridized carbons (Fsp3) is 0.917. The number of ether oxygens (including phenoxy) is 3. The Balaban J connectivity index is 1.86. The fourth-order valence-electron chi connectivity index (χ4n) is 2.93. The summed E-state index contributed by atoms with van der Waals surface area (Å²) in [4.78, 5) is 12.1. The van der Waals surface area contributed by atoms with E-state index in [9.17, 15) is 15.0 Å². The first-order valence-corrected chi connectivity index (χ1v) is 9.07. The Bertz CT molecular complexity index is 421. The van der Waals surface area contributed by atoms with Gasteiger partial charge in [-0.05, 0) is 6.42 Å². The number of carbonyl (C=O) groups is 1. The number of esters is 1. The van der Waals surface area contributed by atoms with Crippen LogP contribution in [-0.4, -0.2) is 57.6 Å². The number of carbonyl (C=O) groups excluding carboxylic acids is 1. The minimum atomic E-state index is -1.85. The molecule has 0 bridgehead atoms. The van der Waals surface area contributed by atoms with Gasteiger partial charge in [0, 0.05) is 11.7 Å². The van der Waals surface area contributed by atoms with Crippen LogP contribution in [0.5, 0.6) is 0 Å². The summed E-state index contributed by atoms with van der Waals surface area (Å²) in [6.07, 6.45) is -0.884. The van der Waals surface area contributed by atoms with E-state index in [2.05, 4.69) is 6.92 Å². The minimum absolute atomic E-state index is 0.00747. The minimum Gasteiger partial charge on any atom is -0.451 e. The van der Waals surface area contributed by atoms with Crippen molar-refractivity contribution in [3.8, 4) is 0 Å². The summed E-state index contributed by atoms with van der Waals surface area (Å²) in [5.74, 6) is -1.84. The highest BCUT2D eigenvalue weighted by molar-refractivity contribution is 8.76. The van der Waals surface area contributed by atoms with Gasteiger partial charge in [-0.3, -0.25) is 0 Å². The molecule has 0 aliphatic carbocycles. The number of aliphatic hydroxyl groups excluding tert-OH is 1. The second kappa shape index (κ2) is 5.03. The summed E-state index contributed by atoms with van der Waals surface area (Å²) < 4.78 is 16.5. The van der Waals surface area contributed by atoms with Crippen LogP contribution in [0.2, 0.25) is 0 Å². The van der Waals surface area contributed by atoms with Crippen LogP contribution in [0.4, 0.5) is 0 Å². The average molecular weight is 322 g/mol. The molecule has 6 atom stereocenters. The molecule has 3 saturated heterocycles. The van der Waals surface area contributed by atoms with Gasteiger partial charge in [-0.2, -0.15) is 0 Å². The van der Waals surface area contributed by atoms with E-state index in [1.807, 2.05) is 0 Å². The van der Waals surface area contributed by atoms with Crippen molar-refractivity contribution < 1.29 is 29.2 Å². The highest BCUT2D eigenvalue weighted by Crippen LogP contribution is 2.58. The zero-order valence-electron chi connectivity index (χ0n) is 11.3. The van der Waals surface area contributed by atoms with Crippen LogP contribution < -0.4 is 0 Å². The molecule has 20 heavy (non-hydrogen) atoms. The molecule has 0 aromatic rings. The first-order chi connectivity index (χ1) is 9.47. The fourth-order valence-corrected chi connectivity index (χ4v) is 5.68. The average Bonchev–Trinajstić information content (AvgIpc) is 2.92. The maximum atomic E-state index is 12.1. The van der Waals surface area contributed by atoms with Gasteiger partial charge in [0.15, 0.2) is 6.10 Å². The van der Waals surface area contributed by atoms with E-state index in [1.165, 1.54) is 10.8 Å². The maximum absolute atomic E-state index is 12.1. The van der Waals surface area contributed by atoms with E-state index in [0.29, 0.717) is 0 Å². The molecule has 3 aliphatic rings.